The molecule has 4 rings (SSSR count). The highest BCUT2D eigenvalue weighted by Crippen LogP contribution is 2.49. The molecule has 1 saturated heterocycles. The van der Waals surface area contributed by atoms with Crippen LogP contribution in [0, 0.1) is 17.8 Å². The number of rotatable bonds is 3. The number of piperazine rings is 1. The maximum atomic E-state index is 12.7. The third kappa shape index (κ3) is 3.46. The number of carbonyl (C=O) groups excluding carboxylic acids is 2. The summed E-state index contributed by atoms with van der Waals surface area (Å²) < 4.78 is 0. The van der Waals surface area contributed by atoms with Crippen molar-refractivity contribution in [3.63, 3.8) is 0 Å². The Morgan fingerprint density at radius 3 is 2.38 bits per heavy atom. The van der Waals surface area contributed by atoms with Crippen LogP contribution in [-0.4, -0.2) is 47.8 Å². The fourth-order valence-electron chi connectivity index (χ4n) is 4.98. The molecule has 140 valence electrons. The van der Waals surface area contributed by atoms with E-state index in [1.165, 1.54) is 25.7 Å². The fourth-order valence-corrected chi connectivity index (χ4v) is 5.36. The van der Waals surface area contributed by atoms with E-state index in [2.05, 4.69) is 0 Å². The zero-order valence-corrected chi connectivity index (χ0v) is 16.3. The Labute approximate surface area is 164 Å². The summed E-state index contributed by atoms with van der Waals surface area (Å²) in [6, 6.07) is 5.10. The number of hydrogen-bond acceptors (Lipinski definition) is 2. The number of carbonyl (C=O) groups is 2. The van der Waals surface area contributed by atoms with Crippen molar-refractivity contribution in [2.45, 2.75) is 32.1 Å². The van der Waals surface area contributed by atoms with Gasteiger partial charge >= 0.3 is 0 Å². The van der Waals surface area contributed by atoms with Crippen LogP contribution in [0.25, 0.3) is 0 Å². The Hall–Kier alpha value is -1.26. The van der Waals surface area contributed by atoms with Crippen molar-refractivity contribution in [1.82, 2.24) is 9.80 Å². The first-order valence-corrected chi connectivity index (χ1v) is 10.3. The monoisotopic (exact) mass is 394 g/mol. The van der Waals surface area contributed by atoms with Gasteiger partial charge in [0.05, 0.1) is 15.6 Å². The smallest absolute Gasteiger partial charge is 0.255 e. The van der Waals surface area contributed by atoms with Crippen LogP contribution in [-0.2, 0) is 4.79 Å². The van der Waals surface area contributed by atoms with Gasteiger partial charge in [-0.1, -0.05) is 35.7 Å². The Morgan fingerprint density at radius 2 is 1.73 bits per heavy atom. The summed E-state index contributed by atoms with van der Waals surface area (Å²) in [5.74, 6) is 2.38. The van der Waals surface area contributed by atoms with E-state index < -0.39 is 0 Å². The highest BCUT2D eigenvalue weighted by molar-refractivity contribution is 6.43. The minimum Gasteiger partial charge on any atom is -0.339 e. The van der Waals surface area contributed by atoms with Gasteiger partial charge in [-0.25, -0.2) is 0 Å². The van der Waals surface area contributed by atoms with Crippen molar-refractivity contribution < 1.29 is 9.59 Å². The Balaban J connectivity index is 1.31. The molecule has 1 aromatic rings. The zero-order chi connectivity index (χ0) is 18.3. The third-order valence-electron chi connectivity index (χ3n) is 6.42. The minimum absolute atomic E-state index is 0.113. The normalized spacial score (nSPS) is 27.8. The van der Waals surface area contributed by atoms with Gasteiger partial charge in [0.25, 0.3) is 5.91 Å². The number of nitrogens with zero attached hydrogens (tertiary/aromatic N) is 2. The van der Waals surface area contributed by atoms with Crippen molar-refractivity contribution in [2.24, 2.45) is 17.8 Å². The standard InChI is InChI=1S/C20H24Cl2N2O2/c21-17-3-1-2-16(19(17)22)20(26)24-8-6-23(7-9-24)18(25)12-15-11-13-4-5-14(15)10-13/h1-3,13-15H,4-12H2/t13-,14-,15-/m0/s1. The summed E-state index contributed by atoms with van der Waals surface area (Å²) >= 11 is 12.2. The molecule has 4 nitrogen and oxygen atoms in total. The van der Waals surface area contributed by atoms with E-state index in [4.69, 9.17) is 23.2 Å². The lowest BCUT2D eigenvalue weighted by Gasteiger charge is -2.36. The van der Waals surface area contributed by atoms with Gasteiger partial charge in [0.2, 0.25) is 5.91 Å². The number of fused-ring (bicyclic) bond motifs is 2. The molecular weight excluding hydrogens is 371 g/mol. The fraction of sp³-hybridized carbons (Fsp3) is 0.600. The molecule has 1 aromatic carbocycles. The maximum absolute atomic E-state index is 12.7. The van der Waals surface area contributed by atoms with E-state index in [-0.39, 0.29) is 11.8 Å². The molecule has 1 aliphatic heterocycles. The second-order valence-corrected chi connectivity index (χ2v) is 8.70. The van der Waals surface area contributed by atoms with E-state index in [0.29, 0.717) is 54.1 Å². The molecule has 0 unspecified atom stereocenters. The molecule has 0 N–H and O–H groups in total. The van der Waals surface area contributed by atoms with Crippen LogP contribution in [0.4, 0.5) is 0 Å². The molecule has 2 amide bonds. The minimum atomic E-state index is -0.113. The molecule has 3 fully saturated rings. The van der Waals surface area contributed by atoms with E-state index in [1.807, 2.05) is 4.90 Å². The highest BCUT2D eigenvalue weighted by atomic mass is 35.5. The van der Waals surface area contributed by atoms with Crippen LogP contribution >= 0.6 is 23.2 Å². The molecule has 2 saturated carbocycles. The van der Waals surface area contributed by atoms with Gasteiger partial charge in [-0.15, -0.1) is 0 Å². The van der Waals surface area contributed by atoms with Crippen LogP contribution < -0.4 is 0 Å². The number of benzene rings is 1. The van der Waals surface area contributed by atoms with Crippen LogP contribution in [0.15, 0.2) is 18.2 Å². The molecule has 0 aromatic heterocycles. The van der Waals surface area contributed by atoms with Gasteiger partial charge in [0.15, 0.2) is 0 Å². The summed E-state index contributed by atoms with van der Waals surface area (Å²) in [7, 11) is 0. The van der Waals surface area contributed by atoms with E-state index in [0.717, 1.165) is 11.8 Å². The van der Waals surface area contributed by atoms with E-state index in [9.17, 15) is 9.59 Å². The van der Waals surface area contributed by atoms with Gasteiger partial charge in [-0.2, -0.15) is 0 Å². The topological polar surface area (TPSA) is 40.6 Å². The molecule has 6 heteroatoms. The molecule has 3 atom stereocenters. The zero-order valence-electron chi connectivity index (χ0n) is 14.8. The Bertz CT molecular complexity index is 716. The molecule has 2 aliphatic carbocycles. The number of halogens is 2. The van der Waals surface area contributed by atoms with Crippen LogP contribution in [0.3, 0.4) is 0 Å². The quantitative estimate of drug-likeness (QED) is 0.773. The van der Waals surface area contributed by atoms with Crippen molar-refractivity contribution >= 4 is 35.0 Å². The number of hydrogen-bond donors (Lipinski definition) is 0. The molecule has 3 aliphatic rings. The molecule has 2 bridgehead atoms. The summed E-state index contributed by atoms with van der Waals surface area (Å²) in [5.41, 5.74) is 0.431. The lowest BCUT2D eigenvalue weighted by atomic mass is 9.86. The SMILES string of the molecule is O=C(C[C@@H]1C[C@H]2CC[C@H]1C2)N1CCN(C(=O)c2cccc(Cl)c2Cl)CC1. The van der Waals surface area contributed by atoms with Crippen LogP contribution in [0.2, 0.25) is 10.0 Å². The van der Waals surface area contributed by atoms with Crippen LogP contribution in [0.1, 0.15) is 42.5 Å². The van der Waals surface area contributed by atoms with Gasteiger partial charge in [0.1, 0.15) is 0 Å². The molecular formula is C20H24Cl2N2O2. The largest absolute Gasteiger partial charge is 0.339 e. The van der Waals surface area contributed by atoms with Crippen LogP contribution in [0.5, 0.6) is 0 Å². The molecule has 1 heterocycles. The van der Waals surface area contributed by atoms with Crippen molar-refractivity contribution in [1.29, 1.82) is 0 Å². The first-order chi connectivity index (χ1) is 12.5. The van der Waals surface area contributed by atoms with Crippen molar-refractivity contribution in [3.8, 4) is 0 Å². The van der Waals surface area contributed by atoms with Gasteiger partial charge in [-0.3, -0.25) is 9.59 Å². The van der Waals surface area contributed by atoms with Gasteiger partial charge < -0.3 is 9.80 Å². The summed E-state index contributed by atoms with van der Waals surface area (Å²) in [4.78, 5) is 29.0. The second-order valence-electron chi connectivity index (χ2n) is 7.91. The summed E-state index contributed by atoms with van der Waals surface area (Å²) in [6.07, 6.45) is 5.94. The average molecular weight is 395 g/mol. The van der Waals surface area contributed by atoms with Gasteiger partial charge in [0, 0.05) is 32.6 Å². The molecule has 0 radical (unpaired) electrons. The van der Waals surface area contributed by atoms with E-state index >= 15 is 0 Å². The Morgan fingerprint density at radius 1 is 1.00 bits per heavy atom. The predicted octanol–water partition coefficient (Wildman–Crippen LogP) is 4.10. The molecule has 26 heavy (non-hydrogen) atoms. The summed E-state index contributed by atoms with van der Waals surface area (Å²) in [6.45, 7) is 2.29. The lowest BCUT2D eigenvalue weighted by Crippen LogP contribution is -2.51. The predicted molar refractivity (Wildman–Crippen MR) is 103 cm³/mol. The van der Waals surface area contributed by atoms with Crippen molar-refractivity contribution in [3.05, 3.63) is 33.8 Å². The first kappa shape index (κ1) is 18.1. The first-order valence-electron chi connectivity index (χ1n) is 9.54. The summed E-state index contributed by atoms with van der Waals surface area (Å²) in [5, 5.41) is 0.686. The van der Waals surface area contributed by atoms with E-state index in [1.54, 1.807) is 23.1 Å². The second kappa shape index (κ2) is 7.40. The number of amides is 2. The molecule has 0 spiro atoms. The lowest BCUT2D eigenvalue weighted by molar-refractivity contribution is -0.134. The Kier molecular flexibility index (Phi) is 5.15. The maximum Gasteiger partial charge on any atom is 0.255 e. The third-order valence-corrected chi connectivity index (χ3v) is 7.24. The van der Waals surface area contributed by atoms with Gasteiger partial charge in [-0.05, 0) is 49.1 Å². The highest BCUT2D eigenvalue weighted by Gasteiger charge is 2.40. The van der Waals surface area contributed by atoms with Crippen molar-refractivity contribution in [2.75, 3.05) is 26.2 Å². The average Bonchev–Trinajstić information content (AvgIpc) is 3.26.